The molecule has 0 aliphatic heterocycles. The van der Waals surface area contributed by atoms with Gasteiger partial charge < -0.3 is 10.4 Å². The highest BCUT2D eigenvalue weighted by atomic mass is 35.5. The maximum absolute atomic E-state index is 11.0. The second-order valence-electron chi connectivity index (χ2n) is 3.47. The first-order valence-electron chi connectivity index (χ1n) is 4.67. The molecule has 5 heteroatoms. The first kappa shape index (κ1) is 12.5. The molecule has 86 valence electrons. The maximum Gasteiger partial charge on any atom is 0.330 e. The van der Waals surface area contributed by atoms with E-state index in [1.165, 1.54) is 6.92 Å². The second-order valence-corrected chi connectivity index (χ2v) is 3.91. The minimum absolute atomic E-state index is 0.387. The number of aliphatic carboxylic acids is 1. The van der Waals surface area contributed by atoms with E-state index in [2.05, 4.69) is 5.32 Å². The van der Waals surface area contributed by atoms with Crippen LogP contribution < -0.4 is 5.32 Å². The van der Waals surface area contributed by atoms with E-state index in [9.17, 15) is 9.59 Å². The van der Waals surface area contributed by atoms with Crippen LogP contribution in [0.2, 0.25) is 5.02 Å². The summed E-state index contributed by atoms with van der Waals surface area (Å²) in [5.74, 6) is -1.48. The molecule has 0 saturated carbocycles. The van der Waals surface area contributed by atoms with Gasteiger partial charge in [-0.1, -0.05) is 17.7 Å². The summed E-state index contributed by atoms with van der Waals surface area (Å²) in [6.45, 7) is 3.03. The molecule has 0 aromatic heterocycles. The average molecular weight is 242 g/mol. The van der Waals surface area contributed by atoms with E-state index >= 15 is 0 Å². The Kier molecular flexibility index (Phi) is 3.90. The molecular weight excluding hydrogens is 230 g/mol. The Bertz CT molecular complexity index is 431. The molecule has 0 saturated heterocycles. The van der Waals surface area contributed by atoms with Crippen molar-refractivity contribution in [2.75, 3.05) is 0 Å². The number of rotatable bonds is 3. The molecule has 0 bridgehead atoms. The maximum atomic E-state index is 11.0. The highest BCUT2D eigenvalue weighted by Crippen LogP contribution is 2.21. The van der Waals surface area contributed by atoms with Crippen molar-refractivity contribution >= 4 is 23.5 Å². The molecule has 4 nitrogen and oxygen atoms in total. The standard InChI is InChI=1S/C11H12ClNO3/c1-6-5-8(12)3-4-9(6)10(11(15)16)13-7(2)14/h3-5,10H,1-2H3,(H,13,14)(H,15,16). The van der Waals surface area contributed by atoms with Gasteiger partial charge in [0, 0.05) is 11.9 Å². The molecule has 1 aromatic rings. The molecule has 2 N–H and O–H groups in total. The van der Waals surface area contributed by atoms with Crippen LogP contribution in [0.4, 0.5) is 0 Å². The number of aryl methyl sites for hydroxylation is 1. The molecule has 0 aliphatic rings. The van der Waals surface area contributed by atoms with Gasteiger partial charge in [-0.25, -0.2) is 4.79 Å². The third-order valence-electron chi connectivity index (χ3n) is 2.14. The van der Waals surface area contributed by atoms with Crippen molar-refractivity contribution in [3.05, 3.63) is 34.3 Å². The fourth-order valence-electron chi connectivity index (χ4n) is 1.44. The van der Waals surface area contributed by atoms with E-state index in [1.807, 2.05) is 0 Å². The number of benzene rings is 1. The molecule has 0 aliphatic carbocycles. The minimum Gasteiger partial charge on any atom is -0.479 e. The van der Waals surface area contributed by atoms with Gasteiger partial charge in [0.25, 0.3) is 0 Å². The molecule has 1 aromatic carbocycles. The summed E-state index contributed by atoms with van der Waals surface area (Å²) in [5, 5.41) is 11.9. The van der Waals surface area contributed by atoms with Crippen molar-refractivity contribution in [3.8, 4) is 0 Å². The van der Waals surface area contributed by atoms with Crippen LogP contribution in [0.15, 0.2) is 18.2 Å². The fourth-order valence-corrected chi connectivity index (χ4v) is 1.67. The highest BCUT2D eigenvalue weighted by Gasteiger charge is 2.22. The number of carbonyl (C=O) groups excluding carboxylic acids is 1. The van der Waals surface area contributed by atoms with E-state index < -0.39 is 12.0 Å². The zero-order chi connectivity index (χ0) is 12.3. The summed E-state index contributed by atoms with van der Waals surface area (Å²) >= 11 is 5.77. The van der Waals surface area contributed by atoms with Crippen molar-refractivity contribution in [1.29, 1.82) is 0 Å². The quantitative estimate of drug-likeness (QED) is 0.850. The lowest BCUT2D eigenvalue weighted by atomic mass is 10.0. The van der Waals surface area contributed by atoms with Crippen LogP contribution >= 0.6 is 11.6 Å². The molecule has 0 radical (unpaired) electrons. The predicted molar refractivity (Wildman–Crippen MR) is 60.4 cm³/mol. The summed E-state index contributed by atoms with van der Waals surface area (Å²) in [6, 6.07) is 3.83. The van der Waals surface area contributed by atoms with Gasteiger partial charge in [0.2, 0.25) is 5.91 Å². The first-order chi connectivity index (χ1) is 7.41. The van der Waals surface area contributed by atoms with Crippen LogP contribution in [0.1, 0.15) is 24.1 Å². The number of carbonyl (C=O) groups is 2. The molecule has 1 rings (SSSR count). The Morgan fingerprint density at radius 3 is 2.50 bits per heavy atom. The Morgan fingerprint density at radius 1 is 1.44 bits per heavy atom. The van der Waals surface area contributed by atoms with Crippen molar-refractivity contribution in [2.24, 2.45) is 0 Å². The van der Waals surface area contributed by atoms with Crippen LogP contribution in [0.25, 0.3) is 0 Å². The minimum atomic E-state index is -1.10. The number of halogens is 1. The number of hydrogen-bond donors (Lipinski definition) is 2. The van der Waals surface area contributed by atoms with E-state index in [-0.39, 0.29) is 5.91 Å². The van der Waals surface area contributed by atoms with Crippen molar-refractivity contribution in [1.82, 2.24) is 5.32 Å². The number of carboxylic acid groups (broad SMARTS) is 1. The topological polar surface area (TPSA) is 66.4 Å². The molecule has 1 unspecified atom stereocenters. The van der Waals surface area contributed by atoms with Crippen molar-refractivity contribution in [2.45, 2.75) is 19.9 Å². The van der Waals surface area contributed by atoms with Gasteiger partial charge in [0.15, 0.2) is 6.04 Å². The van der Waals surface area contributed by atoms with Crippen LogP contribution in [0.5, 0.6) is 0 Å². The number of nitrogens with one attached hydrogen (secondary N) is 1. The lowest BCUT2D eigenvalue weighted by molar-refractivity contribution is -0.141. The molecule has 0 heterocycles. The molecule has 0 fully saturated rings. The van der Waals surface area contributed by atoms with Crippen LogP contribution in [0.3, 0.4) is 0 Å². The largest absolute Gasteiger partial charge is 0.479 e. The zero-order valence-corrected chi connectivity index (χ0v) is 9.71. The number of amides is 1. The summed E-state index contributed by atoms with van der Waals surface area (Å²) in [5.41, 5.74) is 1.26. The molecule has 0 spiro atoms. The Morgan fingerprint density at radius 2 is 2.06 bits per heavy atom. The molecule has 1 atom stereocenters. The Labute approximate surface area is 98.2 Å². The normalized spacial score (nSPS) is 11.9. The first-order valence-corrected chi connectivity index (χ1v) is 5.05. The van der Waals surface area contributed by atoms with E-state index in [4.69, 9.17) is 16.7 Å². The molecule has 16 heavy (non-hydrogen) atoms. The SMILES string of the molecule is CC(=O)NC(C(=O)O)c1ccc(Cl)cc1C. The Balaban J connectivity index is 3.10. The fraction of sp³-hybridized carbons (Fsp3) is 0.273. The van der Waals surface area contributed by atoms with Gasteiger partial charge in [-0.05, 0) is 30.2 Å². The lowest BCUT2D eigenvalue weighted by Crippen LogP contribution is -2.32. The second kappa shape index (κ2) is 4.99. The third-order valence-corrected chi connectivity index (χ3v) is 2.37. The van der Waals surface area contributed by atoms with Crippen molar-refractivity contribution in [3.63, 3.8) is 0 Å². The zero-order valence-electron chi connectivity index (χ0n) is 8.95. The van der Waals surface area contributed by atoms with Gasteiger partial charge >= 0.3 is 5.97 Å². The summed E-state index contributed by atoms with van der Waals surface area (Å²) in [6.07, 6.45) is 0. The highest BCUT2D eigenvalue weighted by molar-refractivity contribution is 6.30. The van der Waals surface area contributed by atoms with Gasteiger partial charge in [-0.2, -0.15) is 0 Å². The predicted octanol–water partition coefficient (Wildman–Crippen LogP) is 1.91. The summed E-state index contributed by atoms with van der Waals surface area (Å²) in [4.78, 5) is 21.9. The average Bonchev–Trinajstić information content (AvgIpc) is 2.14. The molecular formula is C11H12ClNO3. The van der Waals surface area contributed by atoms with Gasteiger partial charge in [0.1, 0.15) is 0 Å². The monoisotopic (exact) mass is 241 g/mol. The smallest absolute Gasteiger partial charge is 0.330 e. The lowest BCUT2D eigenvalue weighted by Gasteiger charge is -2.16. The van der Waals surface area contributed by atoms with Crippen LogP contribution in [0, 0.1) is 6.92 Å². The number of hydrogen-bond acceptors (Lipinski definition) is 2. The van der Waals surface area contributed by atoms with Gasteiger partial charge in [0.05, 0.1) is 0 Å². The van der Waals surface area contributed by atoms with Gasteiger partial charge in [-0.15, -0.1) is 0 Å². The summed E-state index contributed by atoms with van der Waals surface area (Å²) in [7, 11) is 0. The van der Waals surface area contributed by atoms with E-state index in [1.54, 1.807) is 25.1 Å². The Hall–Kier alpha value is -1.55. The summed E-state index contributed by atoms with van der Waals surface area (Å²) < 4.78 is 0. The van der Waals surface area contributed by atoms with Gasteiger partial charge in [-0.3, -0.25) is 4.79 Å². The van der Waals surface area contributed by atoms with E-state index in [0.717, 1.165) is 5.56 Å². The van der Waals surface area contributed by atoms with Crippen molar-refractivity contribution < 1.29 is 14.7 Å². The number of carboxylic acids is 1. The third kappa shape index (κ3) is 2.97. The van der Waals surface area contributed by atoms with E-state index in [0.29, 0.717) is 10.6 Å². The van der Waals surface area contributed by atoms with Crippen LogP contribution in [-0.2, 0) is 9.59 Å². The van der Waals surface area contributed by atoms with Crippen LogP contribution in [-0.4, -0.2) is 17.0 Å². The molecule has 1 amide bonds.